The molecular weight excluding hydrogens is 236 g/mol. The number of nitrogens with zero attached hydrogens (tertiary/aromatic N) is 2. The van der Waals surface area contributed by atoms with Gasteiger partial charge in [0.15, 0.2) is 0 Å². The normalized spacial score (nSPS) is 27.6. The fourth-order valence-corrected chi connectivity index (χ4v) is 3.54. The molecule has 0 N–H and O–H groups in total. The van der Waals surface area contributed by atoms with Gasteiger partial charge in [-0.05, 0) is 37.1 Å². The molecule has 2 aliphatic rings. The molecule has 2 heterocycles. The topological polar surface area (TPSA) is 23.6 Å². The Morgan fingerprint density at radius 2 is 1.63 bits per heavy atom. The molecule has 0 radical (unpaired) electrons. The van der Waals surface area contributed by atoms with Crippen LogP contribution in [0.5, 0.6) is 0 Å². The Kier molecular flexibility index (Phi) is 4.88. The second kappa shape index (κ2) is 6.25. The van der Waals surface area contributed by atoms with E-state index in [0.717, 1.165) is 30.8 Å². The minimum Gasteiger partial charge on any atom is -0.342 e. The van der Waals surface area contributed by atoms with Crippen LogP contribution in [0.2, 0.25) is 0 Å². The van der Waals surface area contributed by atoms with Gasteiger partial charge in [-0.25, -0.2) is 0 Å². The Morgan fingerprint density at radius 3 is 2.11 bits per heavy atom. The summed E-state index contributed by atoms with van der Waals surface area (Å²) >= 11 is 0. The zero-order valence-corrected chi connectivity index (χ0v) is 13.1. The molecule has 0 aromatic carbocycles. The number of hydrogen-bond acceptors (Lipinski definition) is 2. The molecule has 2 rings (SSSR count). The predicted molar refractivity (Wildman–Crippen MR) is 78.9 cm³/mol. The van der Waals surface area contributed by atoms with Crippen molar-refractivity contribution in [3.63, 3.8) is 0 Å². The average molecular weight is 266 g/mol. The fraction of sp³-hybridized carbons (Fsp3) is 0.938. The van der Waals surface area contributed by atoms with E-state index in [4.69, 9.17) is 0 Å². The molecule has 0 aromatic rings. The lowest BCUT2D eigenvalue weighted by Gasteiger charge is -2.23. The summed E-state index contributed by atoms with van der Waals surface area (Å²) < 4.78 is 0. The van der Waals surface area contributed by atoms with E-state index in [1.54, 1.807) is 0 Å². The molecule has 2 atom stereocenters. The number of carbonyl (C=O) groups is 1. The maximum absolute atomic E-state index is 12.0. The Hall–Kier alpha value is -0.570. The van der Waals surface area contributed by atoms with Crippen molar-refractivity contribution in [2.24, 2.45) is 23.7 Å². The van der Waals surface area contributed by atoms with Crippen LogP contribution in [0.4, 0.5) is 0 Å². The summed E-state index contributed by atoms with van der Waals surface area (Å²) in [6.07, 6.45) is 2.66. The van der Waals surface area contributed by atoms with Gasteiger partial charge in [0.25, 0.3) is 0 Å². The van der Waals surface area contributed by atoms with E-state index >= 15 is 0 Å². The first kappa shape index (κ1) is 14.8. The van der Waals surface area contributed by atoms with E-state index < -0.39 is 0 Å². The maximum atomic E-state index is 12.0. The van der Waals surface area contributed by atoms with Gasteiger partial charge in [-0.3, -0.25) is 4.79 Å². The molecule has 2 aliphatic heterocycles. The summed E-state index contributed by atoms with van der Waals surface area (Å²) in [7, 11) is 0. The van der Waals surface area contributed by atoms with Gasteiger partial charge in [-0.2, -0.15) is 0 Å². The minimum absolute atomic E-state index is 0.154. The standard InChI is InChI=1S/C16H30N2O/c1-12(2)6-5-7-17-8-14-10-18(11-15(14)9-17)16(19)13(3)4/h12-15H,5-11H2,1-4H3. The van der Waals surface area contributed by atoms with E-state index in [0.29, 0.717) is 5.91 Å². The molecule has 2 unspecified atom stereocenters. The number of carbonyl (C=O) groups excluding carboxylic acids is 1. The molecule has 3 heteroatoms. The van der Waals surface area contributed by atoms with Crippen molar-refractivity contribution >= 4 is 5.91 Å². The SMILES string of the molecule is CC(C)CCCN1CC2CN(C(=O)C(C)C)CC2C1. The summed E-state index contributed by atoms with van der Waals surface area (Å²) in [5, 5.41) is 0. The van der Waals surface area contributed by atoms with Crippen LogP contribution in [0, 0.1) is 23.7 Å². The molecule has 19 heavy (non-hydrogen) atoms. The molecule has 0 spiro atoms. The fourth-order valence-electron chi connectivity index (χ4n) is 3.54. The van der Waals surface area contributed by atoms with E-state index in [1.165, 1.54) is 32.5 Å². The summed E-state index contributed by atoms with van der Waals surface area (Å²) in [4.78, 5) is 16.7. The van der Waals surface area contributed by atoms with Gasteiger partial charge >= 0.3 is 0 Å². The van der Waals surface area contributed by atoms with Crippen molar-refractivity contribution in [2.45, 2.75) is 40.5 Å². The first-order valence-corrected chi connectivity index (χ1v) is 7.98. The highest BCUT2D eigenvalue weighted by Gasteiger charge is 2.41. The summed E-state index contributed by atoms with van der Waals surface area (Å²) in [6.45, 7) is 14.3. The van der Waals surface area contributed by atoms with Crippen LogP contribution in [0.25, 0.3) is 0 Å². The Labute approximate surface area is 118 Å². The van der Waals surface area contributed by atoms with Gasteiger partial charge < -0.3 is 9.80 Å². The average Bonchev–Trinajstić information content (AvgIpc) is 2.84. The zero-order valence-electron chi connectivity index (χ0n) is 13.1. The second-order valence-corrected chi connectivity index (χ2v) is 7.21. The van der Waals surface area contributed by atoms with E-state index in [1.807, 2.05) is 13.8 Å². The zero-order chi connectivity index (χ0) is 14.0. The molecule has 1 amide bonds. The number of fused-ring (bicyclic) bond motifs is 1. The molecule has 3 nitrogen and oxygen atoms in total. The van der Waals surface area contributed by atoms with Gasteiger partial charge in [0.05, 0.1) is 0 Å². The minimum atomic E-state index is 0.154. The first-order valence-electron chi connectivity index (χ1n) is 7.98. The largest absolute Gasteiger partial charge is 0.342 e. The Balaban J connectivity index is 1.73. The van der Waals surface area contributed by atoms with Crippen molar-refractivity contribution in [1.82, 2.24) is 9.80 Å². The Bertz CT molecular complexity index is 300. The lowest BCUT2D eigenvalue weighted by Crippen LogP contribution is -2.35. The first-order chi connectivity index (χ1) is 8.97. The third kappa shape index (κ3) is 3.71. The van der Waals surface area contributed by atoms with Gasteiger partial charge in [-0.1, -0.05) is 27.7 Å². The number of likely N-dealkylation sites (tertiary alicyclic amines) is 2. The molecule has 2 fully saturated rings. The van der Waals surface area contributed by atoms with Gasteiger partial charge in [0.2, 0.25) is 5.91 Å². The number of hydrogen-bond donors (Lipinski definition) is 0. The van der Waals surface area contributed by atoms with Crippen LogP contribution in [0.15, 0.2) is 0 Å². The lowest BCUT2D eigenvalue weighted by atomic mass is 10.0. The molecule has 0 saturated carbocycles. The molecule has 0 bridgehead atoms. The summed E-state index contributed by atoms with van der Waals surface area (Å²) in [6, 6.07) is 0. The molecule has 110 valence electrons. The molecular formula is C16H30N2O. The van der Waals surface area contributed by atoms with Crippen molar-refractivity contribution in [2.75, 3.05) is 32.7 Å². The Morgan fingerprint density at radius 1 is 1.05 bits per heavy atom. The van der Waals surface area contributed by atoms with Crippen LogP contribution in [0.3, 0.4) is 0 Å². The number of amides is 1. The van der Waals surface area contributed by atoms with E-state index in [2.05, 4.69) is 23.6 Å². The maximum Gasteiger partial charge on any atom is 0.225 e. The quantitative estimate of drug-likeness (QED) is 0.763. The predicted octanol–water partition coefficient (Wildman–Crippen LogP) is 2.47. The van der Waals surface area contributed by atoms with Crippen molar-refractivity contribution < 1.29 is 4.79 Å². The van der Waals surface area contributed by atoms with Gasteiger partial charge in [0.1, 0.15) is 0 Å². The van der Waals surface area contributed by atoms with Crippen molar-refractivity contribution in [1.29, 1.82) is 0 Å². The lowest BCUT2D eigenvalue weighted by molar-refractivity contribution is -0.133. The van der Waals surface area contributed by atoms with Crippen LogP contribution in [-0.2, 0) is 4.79 Å². The number of rotatable bonds is 5. The highest BCUT2D eigenvalue weighted by Crippen LogP contribution is 2.31. The van der Waals surface area contributed by atoms with E-state index in [9.17, 15) is 4.79 Å². The van der Waals surface area contributed by atoms with Crippen molar-refractivity contribution in [3.8, 4) is 0 Å². The van der Waals surface area contributed by atoms with Crippen LogP contribution in [0.1, 0.15) is 40.5 Å². The highest BCUT2D eigenvalue weighted by atomic mass is 16.2. The molecule has 0 aliphatic carbocycles. The van der Waals surface area contributed by atoms with E-state index in [-0.39, 0.29) is 5.92 Å². The summed E-state index contributed by atoms with van der Waals surface area (Å²) in [5.41, 5.74) is 0. The van der Waals surface area contributed by atoms with Gasteiger partial charge in [0, 0.05) is 32.1 Å². The van der Waals surface area contributed by atoms with Crippen LogP contribution >= 0.6 is 0 Å². The second-order valence-electron chi connectivity index (χ2n) is 7.21. The third-order valence-corrected chi connectivity index (χ3v) is 4.62. The molecule has 2 saturated heterocycles. The third-order valence-electron chi connectivity index (χ3n) is 4.62. The van der Waals surface area contributed by atoms with Crippen molar-refractivity contribution in [3.05, 3.63) is 0 Å². The molecule has 0 aromatic heterocycles. The summed E-state index contributed by atoms with van der Waals surface area (Å²) in [5.74, 6) is 2.80. The monoisotopic (exact) mass is 266 g/mol. The van der Waals surface area contributed by atoms with Gasteiger partial charge in [-0.15, -0.1) is 0 Å². The highest BCUT2D eigenvalue weighted by molar-refractivity contribution is 5.78. The van der Waals surface area contributed by atoms with Crippen LogP contribution in [-0.4, -0.2) is 48.4 Å². The smallest absolute Gasteiger partial charge is 0.225 e. The van der Waals surface area contributed by atoms with Crippen LogP contribution < -0.4 is 0 Å².